The van der Waals surface area contributed by atoms with Crippen molar-refractivity contribution in [1.29, 1.82) is 0 Å². The molecule has 2 saturated heterocycles. The van der Waals surface area contributed by atoms with Gasteiger partial charge in [0, 0.05) is 50.6 Å². The Kier molecular flexibility index (Phi) is 5.79. The number of ether oxygens (including phenoxy) is 2. The Morgan fingerprint density at radius 1 is 1.22 bits per heavy atom. The highest BCUT2D eigenvalue weighted by molar-refractivity contribution is 6.30. The van der Waals surface area contributed by atoms with Crippen molar-refractivity contribution in [1.82, 2.24) is 4.90 Å². The lowest BCUT2D eigenvalue weighted by Gasteiger charge is -2.33. The molecule has 0 aliphatic carbocycles. The molecule has 1 aromatic carbocycles. The van der Waals surface area contributed by atoms with Crippen molar-refractivity contribution < 1.29 is 14.3 Å². The first-order valence-corrected chi connectivity index (χ1v) is 8.86. The van der Waals surface area contributed by atoms with Crippen LogP contribution in [-0.2, 0) is 9.53 Å². The normalized spacial score (nSPS) is 22.8. The molecule has 4 nitrogen and oxygen atoms in total. The lowest BCUT2D eigenvalue weighted by atomic mass is 9.97. The Bertz CT molecular complexity index is 506. The molecule has 23 heavy (non-hydrogen) atoms. The fourth-order valence-electron chi connectivity index (χ4n) is 3.27. The van der Waals surface area contributed by atoms with Gasteiger partial charge < -0.3 is 14.4 Å². The molecule has 1 atom stereocenters. The van der Waals surface area contributed by atoms with Gasteiger partial charge in [-0.25, -0.2) is 0 Å². The topological polar surface area (TPSA) is 38.8 Å². The number of amides is 1. The van der Waals surface area contributed by atoms with Crippen molar-refractivity contribution in [3.05, 3.63) is 29.3 Å². The number of benzene rings is 1. The van der Waals surface area contributed by atoms with E-state index in [9.17, 15) is 4.79 Å². The molecular weight excluding hydrogens is 314 g/mol. The van der Waals surface area contributed by atoms with Gasteiger partial charge >= 0.3 is 0 Å². The molecule has 0 N–H and O–H groups in total. The third-order valence-electron chi connectivity index (χ3n) is 4.63. The van der Waals surface area contributed by atoms with Crippen molar-refractivity contribution in [3.8, 4) is 5.75 Å². The third-order valence-corrected chi connectivity index (χ3v) is 4.88. The molecule has 0 aromatic heterocycles. The first-order chi connectivity index (χ1) is 11.2. The van der Waals surface area contributed by atoms with Gasteiger partial charge in [-0.05, 0) is 43.0 Å². The summed E-state index contributed by atoms with van der Waals surface area (Å²) in [7, 11) is 0. The SMILES string of the molecule is O=C(CC1CCCOC1)N1CCC(Oc2ccc(Cl)cc2)CC1. The zero-order chi connectivity index (χ0) is 16.1. The van der Waals surface area contributed by atoms with Crippen molar-refractivity contribution >= 4 is 17.5 Å². The summed E-state index contributed by atoms with van der Waals surface area (Å²) in [4.78, 5) is 14.4. The number of rotatable bonds is 4. The second-order valence-corrected chi connectivity index (χ2v) is 6.88. The second kappa shape index (κ2) is 8.02. The highest BCUT2D eigenvalue weighted by atomic mass is 35.5. The average molecular weight is 338 g/mol. The van der Waals surface area contributed by atoms with Crippen molar-refractivity contribution in [2.75, 3.05) is 26.3 Å². The van der Waals surface area contributed by atoms with Crippen molar-refractivity contribution in [3.63, 3.8) is 0 Å². The molecule has 2 aliphatic heterocycles. The monoisotopic (exact) mass is 337 g/mol. The van der Waals surface area contributed by atoms with Crippen LogP contribution in [0, 0.1) is 5.92 Å². The van der Waals surface area contributed by atoms with E-state index in [0.717, 1.165) is 57.7 Å². The van der Waals surface area contributed by atoms with Crippen molar-refractivity contribution in [2.45, 2.75) is 38.2 Å². The molecule has 3 rings (SSSR count). The van der Waals surface area contributed by atoms with Crippen LogP contribution in [0.4, 0.5) is 0 Å². The minimum absolute atomic E-state index is 0.179. The number of carbonyl (C=O) groups excluding carboxylic acids is 1. The summed E-state index contributed by atoms with van der Waals surface area (Å²) in [5.41, 5.74) is 0. The fraction of sp³-hybridized carbons (Fsp3) is 0.611. The molecular formula is C18H24ClNO3. The molecule has 2 heterocycles. The van der Waals surface area contributed by atoms with Crippen LogP contribution in [0.2, 0.25) is 5.02 Å². The van der Waals surface area contributed by atoms with Crippen molar-refractivity contribution in [2.24, 2.45) is 5.92 Å². The van der Waals surface area contributed by atoms with E-state index in [4.69, 9.17) is 21.1 Å². The summed E-state index contributed by atoms with van der Waals surface area (Å²) in [6.07, 6.45) is 4.77. The number of nitrogens with zero attached hydrogens (tertiary/aromatic N) is 1. The van der Waals surface area contributed by atoms with Gasteiger partial charge in [-0.3, -0.25) is 4.79 Å². The lowest BCUT2D eigenvalue weighted by molar-refractivity contribution is -0.135. The predicted molar refractivity (Wildman–Crippen MR) is 89.8 cm³/mol. The summed E-state index contributed by atoms with van der Waals surface area (Å²) in [5.74, 6) is 1.52. The minimum Gasteiger partial charge on any atom is -0.490 e. The lowest BCUT2D eigenvalue weighted by Crippen LogP contribution is -2.42. The van der Waals surface area contributed by atoms with Crippen LogP contribution in [0.25, 0.3) is 0 Å². The Morgan fingerprint density at radius 3 is 2.61 bits per heavy atom. The van der Waals surface area contributed by atoms with E-state index in [2.05, 4.69) is 0 Å². The maximum atomic E-state index is 12.4. The Labute approximate surface area is 142 Å². The third kappa shape index (κ3) is 4.85. The quantitative estimate of drug-likeness (QED) is 0.843. The number of hydrogen-bond acceptors (Lipinski definition) is 3. The molecule has 1 amide bonds. The van der Waals surface area contributed by atoms with E-state index in [1.54, 1.807) is 0 Å². The number of halogens is 1. The molecule has 1 unspecified atom stereocenters. The Balaban J connectivity index is 1.42. The maximum Gasteiger partial charge on any atom is 0.222 e. The van der Waals surface area contributed by atoms with Crippen LogP contribution < -0.4 is 4.74 Å². The predicted octanol–water partition coefficient (Wildman–Crippen LogP) is 3.53. The number of carbonyl (C=O) groups is 1. The first-order valence-electron chi connectivity index (χ1n) is 8.48. The Morgan fingerprint density at radius 2 is 1.96 bits per heavy atom. The summed E-state index contributed by atoms with van der Waals surface area (Å²) in [6.45, 7) is 3.15. The van der Waals surface area contributed by atoms with Gasteiger partial charge in [-0.15, -0.1) is 0 Å². The van der Waals surface area contributed by atoms with Crippen LogP contribution in [0.3, 0.4) is 0 Å². The van der Waals surface area contributed by atoms with E-state index in [-0.39, 0.29) is 12.0 Å². The van der Waals surface area contributed by atoms with Gasteiger partial charge in [-0.2, -0.15) is 0 Å². The summed E-state index contributed by atoms with van der Waals surface area (Å²) >= 11 is 5.88. The van der Waals surface area contributed by atoms with E-state index in [1.807, 2.05) is 29.2 Å². The fourth-order valence-corrected chi connectivity index (χ4v) is 3.40. The zero-order valence-corrected chi connectivity index (χ0v) is 14.1. The van der Waals surface area contributed by atoms with Crippen LogP contribution in [0.1, 0.15) is 32.1 Å². The summed E-state index contributed by atoms with van der Waals surface area (Å²) < 4.78 is 11.4. The average Bonchev–Trinajstić information content (AvgIpc) is 2.58. The van der Waals surface area contributed by atoms with Gasteiger partial charge in [0.15, 0.2) is 0 Å². The van der Waals surface area contributed by atoms with E-state index < -0.39 is 0 Å². The highest BCUT2D eigenvalue weighted by Crippen LogP contribution is 2.23. The molecule has 2 aliphatic rings. The Hall–Kier alpha value is -1.26. The summed E-state index contributed by atoms with van der Waals surface area (Å²) in [5, 5.41) is 0.712. The maximum absolute atomic E-state index is 12.4. The molecule has 0 bridgehead atoms. The molecule has 0 spiro atoms. The molecule has 2 fully saturated rings. The summed E-state index contributed by atoms with van der Waals surface area (Å²) in [6, 6.07) is 7.45. The minimum atomic E-state index is 0.179. The molecule has 0 saturated carbocycles. The molecule has 126 valence electrons. The van der Waals surface area contributed by atoms with Gasteiger partial charge in [0.2, 0.25) is 5.91 Å². The first kappa shape index (κ1) is 16.6. The van der Waals surface area contributed by atoms with E-state index in [0.29, 0.717) is 17.4 Å². The molecule has 0 radical (unpaired) electrons. The second-order valence-electron chi connectivity index (χ2n) is 6.44. The highest BCUT2D eigenvalue weighted by Gasteiger charge is 2.26. The van der Waals surface area contributed by atoms with Gasteiger partial charge in [0.1, 0.15) is 11.9 Å². The smallest absolute Gasteiger partial charge is 0.222 e. The molecule has 1 aromatic rings. The van der Waals surface area contributed by atoms with Gasteiger partial charge in [0.05, 0.1) is 0 Å². The standard InChI is InChI=1S/C18H24ClNO3/c19-15-3-5-16(6-4-15)23-17-7-9-20(10-8-17)18(21)12-14-2-1-11-22-13-14/h3-6,14,17H,1-2,7-13H2. The van der Waals surface area contributed by atoms with Crippen LogP contribution in [-0.4, -0.2) is 43.2 Å². The van der Waals surface area contributed by atoms with Crippen LogP contribution >= 0.6 is 11.6 Å². The van der Waals surface area contributed by atoms with E-state index in [1.165, 1.54) is 0 Å². The van der Waals surface area contributed by atoms with E-state index >= 15 is 0 Å². The number of piperidine rings is 1. The molecule has 5 heteroatoms. The van der Waals surface area contributed by atoms with Gasteiger partial charge in [-0.1, -0.05) is 11.6 Å². The number of hydrogen-bond donors (Lipinski definition) is 0. The largest absolute Gasteiger partial charge is 0.490 e. The van der Waals surface area contributed by atoms with Crippen LogP contribution in [0.5, 0.6) is 5.75 Å². The number of likely N-dealkylation sites (tertiary alicyclic amines) is 1. The van der Waals surface area contributed by atoms with Crippen LogP contribution in [0.15, 0.2) is 24.3 Å². The zero-order valence-electron chi connectivity index (χ0n) is 13.4. The van der Waals surface area contributed by atoms with Gasteiger partial charge in [0.25, 0.3) is 0 Å².